The monoisotopic (exact) mass is 348 g/mol. The zero-order chi connectivity index (χ0) is 17.9. The van der Waals surface area contributed by atoms with Crippen LogP contribution in [0.4, 0.5) is 0 Å². The molecule has 1 fully saturated rings. The van der Waals surface area contributed by atoms with Gasteiger partial charge in [-0.25, -0.2) is 0 Å². The molecule has 1 aliphatic carbocycles. The first-order valence-electron chi connectivity index (χ1n) is 8.60. The van der Waals surface area contributed by atoms with Gasteiger partial charge in [0.15, 0.2) is 0 Å². The maximum Gasteiger partial charge on any atom is 0.210 e. The van der Waals surface area contributed by atoms with Crippen LogP contribution in [0.1, 0.15) is 62.6 Å². The van der Waals surface area contributed by atoms with Gasteiger partial charge < -0.3 is 9.63 Å². The summed E-state index contributed by atoms with van der Waals surface area (Å²) in [5.74, 6) is 0.198. The van der Waals surface area contributed by atoms with Crippen LogP contribution < -0.4 is 0 Å². The van der Waals surface area contributed by atoms with Crippen LogP contribution in [0.5, 0.6) is 5.75 Å². The average molecular weight is 348 g/mol. The van der Waals surface area contributed by atoms with Crippen molar-refractivity contribution in [2.45, 2.75) is 57.8 Å². The van der Waals surface area contributed by atoms with Crippen LogP contribution in [-0.2, 0) is 15.3 Å². The number of hydrogen-bond acceptors (Lipinski definition) is 3. The van der Waals surface area contributed by atoms with E-state index in [-0.39, 0.29) is 11.4 Å². The lowest BCUT2D eigenvalue weighted by molar-refractivity contribution is 0.362. The summed E-state index contributed by atoms with van der Waals surface area (Å²) < 4.78 is 19.0. The van der Waals surface area contributed by atoms with E-state index >= 15 is 0 Å². The van der Waals surface area contributed by atoms with Crippen molar-refractivity contribution in [3.8, 4) is 5.75 Å². The van der Waals surface area contributed by atoms with Gasteiger partial charge in [0, 0.05) is 23.9 Å². The van der Waals surface area contributed by atoms with Crippen molar-refractivity contribution < 1.29 is 14.2 Å². The van der Waals surface area contributed by atoms with Crippen molar-refractivity contribution in [1.29, 1.82) is 0 Å². The molecular formula is C20H29O3P. The van der Waals surface area contributed by atoms with Gasteiger partial charge in [0.05, 0.1) is 6.16 Å². The van der Waals surface area contributed by atoms with Crippen LogP contribution in [0.2, 0.25) is 0 Å². The predicted molar refractivity (Wildman–Crippen MR) is 103 cm³/mol. The molecule has 0 aliphatic heterocycles. The molecular weight excluding hydrogens is 319 g/mol. The highest BCUT2D eigenvalue weighted by Gasteiger charge is 2.34. The van der Waals surface area contributed by atoms with Crippen molar-refractivity contribution in [2.75, 3.05) is 7.11 Å². The summed E-state index contributed by atoms with van der Waals surface area (Å²) in [6.45, 7) is 11.6. The Balaban J connectivity index is 2.41. The Morgan fingerprint density at radius 2 is 1.67 bits per heavy atom. The van der Waals surface area contributed by atoms with E-state index in [0.29, 0.717) is 17.3 Å². The fourth-order valence-corrected chi connectivity index (χ4v) is 6.04. The van der Waals surface area contributed by atoms with Crippen LogP contribution in [0, 0.1) is 0 Å². The summed E-state index contributed by atoms with van der Waals surface area (Å²) in [6.07, 6.45) is 5.82. The quantitative estimate of drug-likeness (QED) is 0.621. The Labute approximate surface area is 145 Å². The first-order chi connectivity index (χ1) is 11.3. The predicted octanol–water partition coefficient (Wildman–Crippen LogP) is 6.22. The lowest BCUT2D eigenvalue weighted by atomic mass is 9.97. The maximum atomic E-state index is 13.4. The molecule has 0 amide bonds. The molecule has 3 nitrogen and oxygen atoms in total. The number of hydrogen-bond donors (Lipinski definition) is 1. The van der Waals surface area contributed by atoms with Crippen LogP contribution >= 0.6 is 7.37 Å². The van der Waals surface area contributed by atoms with E-state index < -0.39 is 7.37 Å². The summed E-state index contributed by atoms with van der Waals surface area (Å²) in [5.41, 5.74) is 4.00. The van der Waals surface area contributed by atoms with Crippen molar-refractivity contribution in [2.24, 2.45) is 0 Å². The molecule has 2 rings (SSSR count). The van der Waals surface area contributed by atoms with Crippen molar-refractivity contribution in [3.05, 3.63) is 42.0 Å². The van der Waals surface area contributed by atoms with E-state index in [4.69, 9.17) is 4.52 Å². The molecule has 4 heteroatoms. The second kappa shape index (κ2) is 7.72. The zero-order valence-electron chi connectivity index (χ0n) is 15.1. The first kappa shape index (κ1) is 19.0. The molecule has 0 bridgehead atoms. The fourth-order valence-electron chi connectivity index (χ4n) is 3.51. The standard InChI is InChI=1S/C20H29O3P/c1-14(2)18-11-16(12-19(15(3)4)20(18)21)13-24(22,23-5)17-9-7-6-8-10-17/h11-12,17,21H,1,3,6-10,13H2,2,4-5H3. The highest BCUT2D eigenvalue weighted by Crippen LogP contribution is 2.58. The minimum absolute atomic E-state index is 0.145. The molecule has 0 aromatic heterocycles. The van der Waals surface area contributed by atoms with Gasteiger partial charge in [-0.05, 0) is 55.5 Å². The van der Waals surface area contributed by atoms with E-state index in [2.05, 4.69) is 13.2 Å². The second-order valence-corrected chi connectivity index (χ2v) is 9.82. The number of rotatable bonds is 6. The number of benzene rings is 1. The molecule has 1 aromatic rings. The molecule has 1 aromatic carbocycles. The smallest absolute Gasteiger partial charge is 0.210 e. The van der Waals surface area contributed by atoms with Gasteiger partial charge >= 0.3 is 0 Å². The third kappa shape index (κ3) is 4.02. The SMILES string of the molecule is C=C(C)c1cc(CP(=O)(OC)C2CCCCC2)cc(C(=C)C)c1O. The summed E-state index contributed by atoms with van der Waals surface area (Å²) >= 11 is 0. The molecule has 1 atom stereocenters. The Morgan fingerprint density at radius 3 is 2.08 bits per heavy atom. The molecule has 132 valence electrons. The third-order valence-corrected chi connectivity index (χ3v) is 7.99. The molecule has 1 N–H and O–H groups in total. The van der Waals surface area contributed by atoms with Crippen LogP contribution in [0.15, 0.2) is 25.3 Å². The molecule has 0 spiro atoms. The lowest BCUT2D eigenvalue weighted by Crippen LogP contribution is -2.15. The third-order valence-electron chi connectivity index (χ3n) is 4.93. The van der Waals surface area contributed by atoms with E-state index in [0.717, 1.165) is 42.4 Å². The van der Waals surface area contributed by atoms with Crippen molar-refractivity contribution in [1.82, 2.24) is 0 Å². The summed E-state index contributed by atoms with van der Waals surface area (Å²) in [4.78, 5) is 0. The maximum absolute atomic E-state index is 13.4. The Morgan fingerprint density at radius 1 is 1.17 bits per heavy atom. The second-order valence-electron chi connectivity index (χ2n) is 6.96. The van der Waals surface area contributed by atoms with Crippen LogP contribution in [0.25, 0.3) is 11.1 Å². The van der Waals surface area contributed by atoms with Crippen LogP contribution in [0.3, 0.4) is 0 Å². The van der Waals surface area contributed by atoms with Gasteiger partial charge in [0.25, 0.3) is 0 Å². The molecule has 1 saturated carbocycles. The number of phenolic OH excluding ortho intramolecular Hbond substituents is 1. The summed E-state index contributed by atoms with van der Waals surface area (Å²) in [5, 5.41) is 10.4. The van der Waals surface area contributed by atoms with Gasteiger partial charge in [-0.2, -0.15) is 0 Å². The Bertz CT molecular complexity index is 649. The number of allylic oxidation sites excluding steroid dienone is 2. The molecule has 24 heavy (non-hydrogen) atoms. The fraction of sp³-hybridized carbons (Fsp3) is 0.500. The summed E-state index contributed by atoms with van der Waals surface area (Å²) in [6, 6.07) is 3.78. The van der Waals surface area contributed by atoms with E-state index in [9.17, 15) is 9.67 Å². The molecule has 1 unspecified atom stereocenters. The van der Waals surface area contributed by atoms with E-state index in [1.807, 2.05) is 26.0 Å². The molecule has 0 saturated heterocycles. The Hall–Kier alpha value is -1.31. The normalized spacial score (nSPS) is 18.1. The number of aromatic hydroxyl groups is 1. The minimum atomic E-state index is -2.75. The van der Waals surface area contributed by atoms with E-state index in [1.165, 1.54) is 6.42 Å². The molecule has 0 heterocycles. The lowest BCUT2D eigenvalue weighted by Gasteiger charge is -2.29. The molecule has 1 aliphatic rings. The van der Waals surface area contributed by atoms with Gasteiger partial charge in [-0.3, -0.25) is 4.57 Å². The van der Waals surface area contributed by atoms with Crippen molar-refractivity contribution in [3.63, 3.8) is 0 Å². The largest absolute Gasteiger partial charge is 0.507 e. The highest BCUT2D eigenvalue weighted by molar-refractivity contribution is 7.58. The zero-order valence-corrected chi connectivity index (χ0v) is 16.0. The van der Waals surface area contributed by atoms with Gasteiger partial charge in [-0.1, -0.05) is 32.4 Å². The van der Waals surface area contributed by atoms with Gasteiger partial charge in [0.1, 0.15) is 5.75 Å². The first-order valence-corrected chi connectivity index (χ1v) is 10.5. The van der Waals surface area contributed by atoms with E-state index in [1.54, 1.807) is 7.11 Å². The molecule has 0 radical (unpaired) electrons. The summed E-state index contributed by atoms with van der Waals surface area (Å²) in [7, 11) is -1.19. The minimum Gasteiger partial charge on any atom is -0.507 e. The van der Waals surface area contributed by atoms with Gasteiger partial charge in [0.2, 0.25) is 7.37 Å². The van der Waals surface area contributed by atoms with Crippen molar-refractivity contribution >= 4 is 18.5 Å². The Kier molecular flexibility index (Phi) is 6.11. The highest BCUT2D eigenvalue weighted by atomic mass is 31.2. The van der Waals surface area contributed by atoms with Gasteiger partial charge in [-0.15, -0.1) is 0 Å². The topological polar surface area (TPSA) is 46.5 Å². The van der Waals surface area contributed by atoms with Crippen LogP contribution in [-0.4, -0.2) is 17.9 Å². The average Bonchev–Trinajstić information content (AvgIpc) is 2.56. The number of phenols is 1.